The third-order valence-corrected chi connectivity index (χ3v) is 1.77. The zero-order chi connectivity index (χ0) is 9.90. The molecule has 0 aromatic carbocycles. The van der Waals surface area contributed by atoms with Gasteiger partial charge in [-0.25, -0.2) is 0 Å². The molecular formula is C8H10BF3KN. The molecule has 6 heteroatoms. The van der Waals surface area contributed by atoms with Crippen LogP contribution in [-0.4, -0.2) is 12.0 Å². The van der Waals surface area contributed by atoms with E-state index in [-0.39, 0.29) is 51.4 Å². The first kappa shape index (κ1) is 14.6. The van der Waals surface area contributed by atoms with E-state index < -0.39 is 13.3 Å². The van der Waals surface area contributed by atoms with Crippen molar-refractivity contribution in [2.75, 3.05) is 0 Å². The molecule has 0 aliphatic carbocycles. The van der Waals surface area contributed by atoms with Crippen LogP contribution in [0, 0.1) is 0 Å². The number of rotatable bonds is 3. The largest absolute Gasteiger partial charge is 1.00 e. The van der Waals surface area contributed by atoms with E-state index in [0.717, 1.165) is 0 Å². The average molecular weight is 227 g/mol. The van der Waals surface area contributed by atoms with Crippen LogP contribution < -0.4 is 51.4 Å². The molecule has 14 heavy (non-hydrogen) atoms. The normalized spacial score (nSPS) is 10.9. The second-order valence-corrected chi connectivity index (χ2v) is 2.88. The minimum absolute atomic E-state index is 0. The molecule has 0 saturated carbocycles. The van der Waals surface area contributed by atoms with Gasteiger partial charge < -0.3 is 12.9 Å². The summed E-state index contributed by atoms with van der Waals surface area (Å²) in [6, 6.07) is 3.03. The van der Waals surface area contributed by atoms with Crippen molar-refractivity contribution in [3.8, 4) is 0 Å². The van der Waals surface area contributed by atoms with Gasteiger partial charge in [0.2, 0.25) is 0 Å². The number of nitrogens with zero attached hydrogens (tertiary/aromatic N) is 1. The number of aromatic nitrogens is 1. The Morgan fingerprint density at radius 3 is 2.50 bits per heavy atom. The molecule has 0 amide bonds. The van der Waals surface area contributed by atoms with Crippen LogP contribution in [0.15, 0.2) is 18.3 Å². The van der Waals surface area contributed by atoms with Crippen molar-refractivity contribution in [1.29, 1.82) is 0 Å². The summed E-state index contributed by atoms with van der Waals surface area (Å²) in [6.45, 7) is -2.95. The van der Waals surface area contributed by atoms with Crippen LogP contribution in [0.5, 0.6) is 0 Å². The van der Waals surface area contributed by atoms with Gasteiger partial charge in [-0.3, -0.25) is 4.98 Å². The molecule has 0 fully saturated rings. The van der Waals surface area contributed by atoms with Gasteiger partial charge in [-0.05, 0) is 12.5 Å². The number of halogens is 3. The zero-order valence-corrected chi connectivity index (χ0v) is 11.4. The van der Waals surface area contributed by atoms with Crippen LogP contribution in [0.1, 0.15) is 18.2 Å². The van der Waals surface area contributed by atoms with E-state index in [1.807, 2.05) is 0 Å². The molecule has 72 valence electrons. The monoisotopic (exact) mass is 227 g/mol. The minimum Gasteiger partial charge on any atom is -0.449 e. The molecule has 1 aromatic rings. The standard InChI is InChI=1S/C8H10BF3N.K/c1-2-8-7(4-3-5-13-8)6-9(10,11)12;/h3-5H,2,6H2,1H3;/q-1;+1. The summed E-state index contributed by atoms with van der Waals surface area (Å²) in [4.78, 5) is 3.89. The summed E-state index contributed by atoms with van der Waals surface area (Å²) in [7, 11) is 0. The van der Waals surface area contributed by atoms with Crippen LogP contribution in [-0.2, 0) is 12.7 Å². The molecule has 1 nitrogen and oxygen atoms in total. The third-order valence-electron chi connectivity index (χ3n) is 1.77. The maximum absolute atomic E-state index is 12.1. The van der Waals surface area contributed by atoms with Crippen molar-refractivity contribution < 1.29 is 64.3 Å². The Bertz CT molecular complexity index is 290. The van der Waals surface area contributed by atoms with Gasteiger partial charge in [0.1, 0.15) is 0 Å². The Morgan fingerprint density at radius 2 is 2.00 bits per heavy atom. The predicted octanol–water partition coefficient (Wildman–Crippen LogP) is -0.423. The van der Waals surface area contributed by atoms with E-state index in [4.69, 9.17) is 0 Å². The average Bonchev–Trinajstić information content (AvgIpc) is 2.02. The van der Waals surface area contributed by atoms with Gasteiger partial charge in [-0.2, -0.15) is 0 Å². The molecule has 0 N–H and O–H groups in total. The van der Waals surface area contributed by atoms with Crippen LogP contribution in [0.3, 0.4) is 0 Å². The second-order valence-electron chi connectivity index (χ2n) is 2.88. The summed E-state index contributed by atoms with van der Waals surface area (Å²) < 4.78 is 36.3. The van der Waals surface area contributed by atoms with Crippen LogP contribution in [0.4, 0.5) is 12.9 Å². The topological polar surface area (TPSA) is 12.9 Å². The van der Waals surface area contributed by atoms with Crippen molar-refractivity contribution >= 4 is 6.98 Å². The van der Waals surface area contributed by atoms with Crippen molar-refractivity contribution in [3.63, 3.8) is 0 Å². The summed E-state index contributed by atoms with van der Waals surface area (Å²) in [5.74, 6) is 0. The first-order valence-corrected chi connectivity index (χ1v) is 4.16. The Labute approximate surface area is 124 Å². The molecule has 1 rings (SSSR count). The van der Waals surface area contributed by atoms with Gasteiger partial charge in [0.05, 0.1) is 0 Å². The first-order chi connectivity index (χ1) is 6.03. The van der Waals surface area contributed by atoms with Gasteiger partial charge in [0.15, 0.2) is 0 Å². The Balaban J connectivity index is 0.00000169. The molecular weight excluding hydrogens is 217 g/mol. The quantitative estimate of drug-likeness (QED) is 0.639. The van der Waals surface area contributed by atoms with Crippen LogP contribution in [0.2, 0.25) is 0 Å². The van der Waals surface area contributed by atoms with Crippen molar-refractivity contribution in [1.82, 2.24) is 4.98 Å². The zero-order valence-electron chi connectivity index (χ0n) is 8.30. The van der Waals surface area contributed by atoms with E-state index in [1.165, 1.54) is 18.3 Å². The molecule has 0 spiro atoms. The summed E-state index contributed by atoms with van der Waals surface area (Å²) in [6.07, 6.45) is 1.24. The molecule has 0 unspecified atom stereocenters. The Kier molecular flexibility index (Phi) is 6.56. The van der Waals surface area contributed by atoms with E-state index in [0.29, 0.717) is 17.7 Å². The van der Waals surface area contributed by atoms with Crippen molar-refractivity contribution in [2.24, 2.45) is 0 Å². The molecule has 0 radical (unpaired) electrons. The number of aryl methyl sites for hydroxylation is 1. The molecule has 0 bridgehead atoms. The Morgan fingerprint density at radius 1 is 1.36 bits per heavy atom. The van der Waals surface area contributed by atoms with E-state index in [2.05, 4.69) is 4.98 Å². The first-order valence-electron chi connectivity index (χ1n) is 4.16. The third kappa shape index (κ3) is 4.93. The molecule has 0 aliphatic rings. The number of pyridine rings is 1. The van der Waals surface area contributed by atoms with Crippen LogP contribution >= 0.6 is 0 Å². The summed E-state index contributed by atoms with van der Waals surface area (Å²) in [5.41, 5.74) is 0.846. The fourth-order valence-corrected chi connectivity index (χ4v) is 1.22. The Hall–Kier alpha value is 0.641. The maximum atomic E-state index is 12.1. The van der Waals surface area contributed by atoms with Crippen molar-refractivity contribution in [2.45, 2.75) is 19.7 Å². The summed E-state index contributed by atoms with van der Waals surface area (Å²) >= 11 is 0. The van der Waals surface area contributed by atoms with Gasteiger partial charge >= 0.3 is 58.4 Å². The van der Waals surface area contributed by atoms with Gasteiger partial charge in [0.25, 0.3) is 0 Å². The fourth-order valence-electron chi connectivity index (χ4n) is 1.22. The number of hydrogen-bond donors (Lipinski definition) is 0. The second kappa shape index (κ2) is 6.27. The van der Waals surface area contributed by atoms with Gasteiger partial charge in [-0.1, -0.05) is 24.9 Å². The maximum Gasteiger partial charge on any atom is 1.00 e. The van der Waals surface area contributed by atoms with E-state index in [9.17, 15) is 12.9 Å². The van der Waals surface area contributed by atoms with E-state index in [1.54, 1.807) is 6.92 Å². The SMILES string of the molecule is CCc1ncccc1C[B-](F)(F)F.[K+]. The molecule has 0 aliphatic heterocycles. The van der Waals surface area contributed by atoms with E-state index >= 15 is 0 Å². The van der Waals surface area contributed by atoms with Gasteiger partial charge in [0, 0.05) is 11.9 Å². The molecule has 1 heterocycles. The summed E-state index contributed by atoms with van der Waals surface area (Å²) in [5, 5.41) is 0. The molecule has 1 aromatic heterocycles. The number of hydrogen-bond acceptors (Lipinski definition) is 1. The molecule has 0 saturated heterocycles. The van der Waals surface area contributed by atoms with Crippen molar-refractivity contribution in [3.05, 3.63) is 29.6 Å². The molecule has 0 atom stereocenters. The minimum atomic E-state index is -4.75. The predicted molar refractivity (Wildman–Crippen MR) is 46.4 cm³/mol. The van der Waals surface area contributed by atoms with Crippen LogP contribution in [0.25, 0.3) is 0 Å². The van der Waals surface area contributed by atoms with Gasteiger partial charge in [-0.15, -0.1) is 0 Å². The fraction of sp³-hybridized carbons (Fsp3) is 0.375. The smallest absolute Gasteiger partial charge is 0.449 e.